The lowest BCUT2D eigenvalue weighted by molar-refractivity contribution is 0.239. The van der Waals surface area contributed by atoms with Crippen molar-refractivity contribution in [3.63, 3.8) is 0 Å². The molecular formula is C19H28N6O2. The van der Waals surface area contributed by atoms with Gasteiger partial charge >= 0.3 is 6.03 Å². The number of nitrogens with zero attached hydrogens (tertiary/aromatic N) is 4. The molecule has 2 aromatic rings. The SMILES string of the molecule is Cc1nc(C(C)(C)NC(=O)Nc2cnc(N3CCCCC3C)c(C)c2)no1. The van der Waals surface area contributed by atoms with Gasteiger partial charge in [0.25, 0.3) is 0 Å². The molecule has 3 heterocycles. The standard InChI is InChI=1S/C19H28N6O2/c1-12-10-15(11-20-16(12)25-9-7-6-8-13(25)2)22-18(26)23-19(4,5)17-21-14(3)27-24-17/h10-11,13H,6-9H2,1-5H3,(H2,22,23,26). The van der Waals surface area contributed by atoms with Crippen LogP contribution in [-0.4, -0.2) is 33.7 Å². The maximum absolute atomic E-state index is 12.4. The average Bonchev–Trinajstić information content (AvgIpc) is 3.03. The van der Waals surface area contributed by atoms with E-state index in [0.29, 0.717) is 23.4 Å². The molecule has 3 rings (SSSR count). The Morgan fingerprint density at radius 2 is 2.11 bits per heavy atom. The van der Waals surface area contributed by atoms with E-state index in [1.807, 2.05) is 26.8 Å². The van der Waals surface area contributed by atoms with E-state index < -0.39 is 5.54 Å². The molecule has 1 saturated heterocycles. The molecule has 1 fully saturated rings. The number of carbonyl (C=O) groups excluding carboxylic acids is 1. The zero-order valence-electron chi connectivity index (χ0n) is 16.7. The topological polar surface area (TPSA) is 96.2 Å². The summed E-state index contributed by atoms with van der Waals surface area (Å²) in [5.74, 6) is 1.89. The Labute approximate surface area is 159 Å². The fourth-order valence-electron chi connectivity index (χ4n) is 3.40. The molecule has 0 radical (unpaired) electrons. The molecule has 1 aliphatic rings. The van der Waals surface area contributed by atoms with E-state index in [1.165, 1.54) is 19.3 Å². The largest absolute Gasteiger partial charge is 0.354 e. The molecule has 2 N–H and O–H groups in total. The Balaban J connectivity index is 1.67. The molecule has 0 aromatic carbocycles. The highest BCUT2D eigenvalue weighted by molar-refractivity contribution is 5.89. The van der Waals surface area contributed by atoms with Crippen LogP contribution < -0.4 is 15.5 Å². The Bertz CT molecular complexity index is 816. The van der Waals surface area contributed by atoms with Crippen LogP contribution in [0.3, 0.4) is 0 Å². The van der Waals surface area contributed by atoms with Crippen molar-refractivity contribution in [3.8, 4) is 0 Å². The van der Waals surface area contributed by atoms with E-state index in [0.717, 1.165) is 17.9 Å². The Morgan fingerprint density at radius 1 is 1.33 bits per heavy atom. The molecule has 1 unspecified atom stereocenters. The summed E-state index contributed by atoms with van der Waals surface area (Å²) < 4.78 is 5.00. The van der Waals surface area contributed by atoms with Crippen LogP contribution in [0.4, 0.5) is 16.3 Å². The van der Waals surface area contributed by atoms with Gasteiger partial charge < -0.3 is 20.1 Å². The van der Waals surface area contributed by atoms with Crippen LogP contribution in [0, 0.1) is 13.8 Å². The van der Waals surface area contributed by atoms with E-state index >= 15 is 0 Å². The summed E-state index contributed by atoms with van der Waals surface area (Å²) in [5, 5.41) is 9.59. The fourth-order valence-corrected chi connectivity index (χ4v) is 3.40. The minimum atomic E-state index is -0.756. The Morgan fingerprint density at radius 3 is 2.74 bits per heavy atom. The number of amides is 2. The molecule has 27 heavy (non-hydrogen) atoms. The van der Waals surface area contributed by atoms with Crippen molar-refractivity contribution in [2.75, 3.05) is 16.8 Å². The van der Waals surface area contributed by atoms with E-state index in [-0.39, 0.29) is 6.03 Å². The van der Waals surface area contributed by atoms with Crippen LogP contribution in [0.5, 0.6) is 0 Å². The third kappa shape index (κ3) is 4.37. The second-order valence-electron chi connectivity index (χ2n) is 7.74. The van der Waals surface area contributed by atoms with E-state index in [4.69, 9.17) is 4.52 Å². The lowest BCUT2D eigenvalue weighted by Gasteiger charge is -2.35. The first-order valence-corrected chi connectivity index (χ1v) is 9.39. The summed E-state index contributed by atoms with van der Waals surface area (Å²) >= 11 is 0. The number of pyridine rings is 1. The molecule has 0 spiro atoms. The van der Waals surface area contributed by atoms with Crippen LogP contribution in [-0.2, 0) is 5.54 Å². The lowest BCUT2D eigenvalue weighted by atomic mass is 10.0. The molecule has 0 saturated carbocycles. The second kappa shape index (κ2) is 7.54. The zero-order valence-corrected chi connectivity index (χ0v) is 16.7. The summed E-state index contributed by atoms with van der Waals surface area (Å²) in [4.78, 5) is 23.6. The molecule has 1 aliphatic heterocycles. The summed E-state index contributed by atoms with van der Waals surface area (Å²) in [6.45, 7) is 10.6. The highest BCUT2D eigenvalue weighted by Gasteiger charge is 2.28. The third-order valence-electron chi connectivity index (χ3n) is 4.90. The number of piperidine rings is 1. The molecule has 8 heteroatoms. The number of hydrogen-bond acceptors (Lipinski definition) is 6. The van der Waals surface area contributed by atoms with E-state index in [2.05, 4.69) is 37.6 Å². The predicted molar refractivity (Wildman–Crippen MR) is 104 cm³/mol. The number of hydrogen-bond donors (Lipinski definition) is 2. The molecule has 8 nitrogen and oxygen atoms in total. The summed E-state index contributed by atoms with van der Waals surface area (Å²) in [6, 6.07) is 2.10. The molecule has 0 bridgehead atoms. The normalized spacial score (nSPS) is 17.7. The maximum Gasteiger partial charge on any atom is 0.320 e. The minimum Gasteiger partial charge on any atom is -0.354 e. The summed E-state index contributed by atoms with van der Waals surface area (Å²) in [6.07, 6.45) is 5.35. The van der Waals surface area contributed by atoms with Crippen LogP contribution >= 0.6 is 0 Å². The van der Waals surface area contributed by atoms with Crippen molar-refractivity contribution in [3.05, 3.63) is 29.5 Å². The first-order chi connectivity index (χ1) is 12.8. The first-order valence-electron chi connectivity index (χ1n) is 9.39. The van der Waals surface area contributed by atoms with Gasteiger partial charge in [0.15, 0.2) is 5.82 Å². The van der Waals surface area contributed by atoms with Crippen LogP contribution in [0.1, 0.15) is 57.3 Å². The van der Waals surface area contributed by atoms with E-state index in [1.54, 1.807) is 13.1 Å². The predicted octanol–water partition coefficient (Wildman–Crippen LogP) is 3.52. The average molecular weight is 372 g/mol. The number of urea groups is 1. The van der Waals surface area contributed by atoms with Crippen LogP contribution in [0.2, 0.25) is 0 Å². The number of nitrogens with one attached hydrogen (secondary N) is 2. The van der Waals surface area contributed by atoms with Gasteiger partial charge in [0.1, 0.15) is 5.82 Å². The number of rotatable bonds is 4. The number of aryl methyl sites for hydroxylation is 2. The van der Waals surface area contributed by atoms with Crippen molar-refractivity contribution in [2.45, 2.75) is 65.5 Å². The highest BCUT2D eigenvalue weighted by Crippen LogP contribution is 2.27. The van der Waals surface area contributed by atoms with Gasteiger partial charge in [0, 0.05) is 19.5 Å². The minimum absolute atomic E-state index is 0.345. The number of aromatic nitrogens is 3. The Hall–Kier alpha value is -2.64. The molecule has 2 amide bonds. The van der Waals surface area contributed by atoms with Crippen LogP contribution in [0.25, 0.3) is 0 Å². The van der Waals surface area contributed by atoms with Crippen molar-refractivity contribution in [1.82, 2.24) is 20.4 Å². The van der Waals surface area contributed by atoms with Gasteiger partial charge in [0.05, 0.1) is 17.4 Å². The van der Waals surface area contributed by atoms with Crippen molar-refractivity contribution < 1.29 is 9.32 Å². The monoisotopic (exact) mass is 372 g/mol. The van der Waals surface area contributed by atoms with Gasteiger partial charge in [-0.25, -0.2) is 9.78 Å². The maximum atomic E-state index is 12.4. The van der Waals surface area contributed by atoms with Gasteiger partial charge in [0.2, 0.25) is 5.89 Å². The quantitative estimate of drug-likeness (QED) is 0.852. The van der Waals surface area contributed by atoms with Gasteiger partial charge in [-0.15, -0.1) is 0 Å². The smallest absolute Gasteiger partial charge is 0.320 e. The first kappa shape index (κ1) is 19.1. The zero-order chi connectivity index (χ0) is 19.6. The fraction of sp³-hybridized carbons (Fsp3) is 0.579. The van der Waals surface area contributed by atoms with Crippen LogP contribution in [0.15, 0.2) is 16.8 Å². The highest BCUT2D eigenvalue weighted by atomic mass is 16.5. The summed E-state index contributed by atoms with van der Waals surface area (Å²) in [7, 11) is 0. The van der Waals surface area contributed by atoms with Gasteiger partial charge in [-0.2, -0.15) is 4.98 Å². The molecule has 1 atom stereocenters. The molecule has 146 valence electrons. The molecular weight excluding hydrogens is 344 g/mol. The van der Waals surface area contributed by atoms with Crippen molar-refractivity contribution >= 4 is 17.5 Å². The molecule has 2 aromatic heterocycles. The van der Waals surface area contributed by atoms with E-state index in [9.17, 15) is 4.79 Å². The third-order valence-corrected chi connectivity index (χ3v) is 4.90. The number of carbonyl (C=O) groups is 1. The van der Waals surface area contributed by atoms with Gasteiger partial charge in [-0.1, -0.05) is 5.16 Å². The lowest BCUT2D eigenvalue weighted by Crippen LogP contribution is -2.44. The van der Waals surface area contributed by atoms with Crippen molar-refractivity contribution in [2.24, 2.45) is 0 Å². The second-order valence-corrected chi connectivity index (χ2v) is 7.74. The number of anilines is 2. The Kier molecular flexibility index (Phi) is 5.34. The van der Waals surface area contributed by atoms with Gasteiger partial charge in [-0.3, -0.25) is 0 Å². The molecule has 0 aliphatic carbocycles. The summed E-state index contributed by atoms with van der Waals surface area (Å²) in [5.41, 5.74) is 0.945. The van der Waals surface area contributed by atoms with Gasteiger partial charge in [-0.05, 0) is 58.6 Å². The van der Waals surface area contributed by atoms with Crippen molar-refractivity contribution in [1.29, 1.82) is 0 Å².